The number of carbonyl (C=O) groups excluding carboxylic acids is 1. The third-order valence-corrected chi connectivity index (χ3v) is 2.96. The molecule has 1 heterocycles. The summed E-state index contributed by atoms with van der Waals surface area (Å²) in [4.78, 5) is 20.5. The molecule has 1 aromatic carbocycles. The van der Waals surface area contributed by atoms with Gasteiger partial charge in [-0.25, -0.2) is 19.2 Å². The van der Waals surface area contributed by atoms with Crippen molar-refractivity contribution in [3.63, 3.8) is 0 Å². The van der Waals surface area contributed by atoms with Crippen molar-refractivity contribution in [2.45, 2.75) is 19.8 Å². The summed E-state index contributed by atoms with van der Waals surface area (Å²) in [6.45, 7) is 3.60. The van der Waals surface area contributed by atoms with Gasteiger partial charge in [0.15, 0.2) is 0 Å². The first-order valence-corrected chi connectivity index (χ1v) is 6.52. The molecule has 0 amide bonds. The second-order valence-corrected chi connectivity index (χ2v) is 4.74. The highest BCUT2D eigenvalue weighted by molar-refractivity contribution is 5.97. The lowest BCUT2D eigenvalue weighted by molar-refractivity contribution is 0.0513. The van der Waals surface area contributed by atoms with Gasteiger partial charge < -0.3 is 4.74 Å². The highest BCUT2D eigenvalue weighted by atomic mass is 19.1. The summed E-state index contributed by atoms with van der Waals surface area (Å²) >= 11 is 0. The van der Waals surface area contributed by atoms with E-state index in [-0.39, 0.29) is 24.0 Å². The van der Waals surface area contributed by atoms with Crippen molar-refractivity contribution in [2.24, 2.45) is 5.73 Å². The highest BCUT2D eigenvalue weighted by Gasteiger charge is 2.22. The lowest BCUT2D eigenvalue weighted by Gasteiger charge is -2.14. The molecular formula is C15H16FN3O2. The number of carbonyl (C=O) groups is 1. The Bertz CT molecular complexity index is 642. The zero-order valence-electron chi connectivity index (χ0n) is 11.8. The number of hydrogen-bond donors (Lipinski definition) is 1. The molecule has 6 heteroatoms. The van der Waals surface area contributed by atoms with Crippen LogP contribution in [0.25, 0.3) is 11.3 Å². The van der Waals surface area contributed by atoms with Crippen LogP contribution in [0.1, 0.15) is 35.8 Å². The number of rotatable bonds is 4. The lowest BCUT2D eigenvalue weighted by Crippen LogP contribution is -2.17. The van der Waals surface area contributed by atoms with E-state index in [1.165, 1.54) is 18.5 Å². The Morgan fingerprint density at radius 2 is 1.95 bits per heavy atom. The third kappa shape index (κ3) is 3.22. The maximum atomic E-state index is 13.0. The number of benzene rings is 1. The van der Waals surface area contributed by atoms with Crippen LogP contribution in [-0.4, -0.2) is 22.7 Å². The van der Waals surface area contributed by atoms with Crippen LogP contribution < -0.4 is 5.73 Å². The van der Waals surface area contributed by atoms with Crippen LogP contribution in [0, 0.1) is 5.82 Å². The average molecular weight is 289 g/mol. The van der Waals surface area contributed by atoms with Crippen molar-refractivity contribution >= 4 is 5.97 Å². The molecule has 2 rings (SSSR count). The van der Waals surface area contributed by atoms with E-state index in [2.05, 4.69) is 9.97 Å². The van der Waals surface area contributed by atoms with Gasteiger partial charge in [0.05, 0.1) is 11.4 Å². The Kier molecular flexibility index (Phi) is 4.59. The van der Waals surface area contributed by atoms with Crippen LogP contribution in [0.5, 0.6) is 0 Å². The quantitative estimate of drug-likeness (QED) is 0.691. The van der Waals surface area contributed by atoms with Crippen LogP contribution in [0.2, 0.25) is 0 Å². The lowest BCUT2D eigenvalue weighted by atomic mass is 9.98. The molecule has 0 saturated carbocycles. The molecule has 0 bridgehead atoms. The minimum Gasteiger partial charge on any atom is -0.446 e. The Labute approximate surface area is 122 Å². The number of aromatic nitrogens is 2. The fourth-order valence-electron chi connectivity index (χ4n) is 2.01. The van der Waals surface area contributed by atoms with Gasteiger partial charge >= 0.3 is 5.97 Å². The third-order valence-electron chi connectivity index (χ3n) is 2.96. The Hall–Kier alpha value is -2.34. The molecule has 0 saturated heterocycles. The Morgan fingerprint density at radius 1 is 1.29 bits per heavy atom. The van der Waals surface area contributed by atoms with Crippen LogP contribution in [-0.2, 0) is 4.74 Å². The average Bonchev–Trinajstić information content (AvgIpc) is 2.47. The first-order valence-electron chi connectivity index (χ1n) is 6.52. The minimum atomic E-state index is -0.582. The van der Waals surface area contributed by atoms with Crippen LogP contribution in [0.4, 0.5) is 4.39 Å². The van der Waals surface area contributed by atoms with Crippen LogP contribution in [0.15, 0.2) is 30.6 Å². The topological polar surface area (TPSA) is 78.1 Å². The van der Waals surface area contributed by atoms with Gasteiger partial charge in [-0.15, -0.1) is 0 Å². The zero-order chi connectivity index (χ0) is 15.4. The molecule has 2 N–H and O–H groups in total. The molecule has 0 aliphatic carbocycles. The molecule has 0 radical (unpaired) electrons. The second kappa shape index (κ2) is 6.41. The van der Waals surface area contributed by atoms with Gasteiger partial charge in [0.2, 0.25) is 0 Å². The molecule has 21 heavy (non-hydrogen) atoms. The number of nitrogens with two attached hydrogens (primary N) is 1. The summed E-state index contributed by atoms with van der Waals surface area (Å²) in [7, 11) is 0. The van der Waals surface area contributed by atoms with E-state index in [1.54, 1.807) is 12.1 Å². The van der Waals surface area contributed by atoms with Crippen molar-refractivity contribution < 1.29 is 13.9 Å². The fraction of sp³-hybridized carbons (Fsp3) is 0.267. The van der Waals surface area contributed by atoms with Gasteiger partial charge in [0.1, 0.15) is 24.4 Å². The molecule has 0 fully saturated rings. The molecule has 5 nitrogen and oxygen atoms in total. The number of esters is 1. The number of ether oxygens (including phenoxy) is 1. The van der Waals surface area contributed by atoms with Gasteiger partial charge in [-0.3, -0.25) is 5.73 Å². The Balaban J connectivity index is 2.62. The molecule has 0 unspecified atom stereocenters. The molecule has 0 aliphatic rings. The van der Waals surface area contributed by atoms with E-state index in [4.69, 9.17) is 10.5 Å². The van der Waals surface area contributed by atoms with E-state index in [1.807, 2.05) is 13.8 Å². The molecule has 0 aliphatic heterocycles. The van der Waals surface area contributed by atoms with Gasteiger partial charge in [0.25, 0.3) is 0 Å². The van der Waals surface area contributed by atoms with Gasteiger partial charge in [-0.1, -0.05) is 13.8 Å². The van der Waals surface area contributed by atoms with E-state index < -0.39 is 5.97 Å². The van der Waals surface area contributed by atoms with Crippen LogP contribution >= 0.6 is 0 Å². The largest absolute Gasteiger partial charge is 0.446 e. The van der Waals surface area contributed by atoms with E-state index >= 15 is 0 Å². The Morgan fingerprint density at radius 3 is 2.52 bits per heavy atom. The summed E-state index contributed by atoms with van der Waals surface area (Å²) in [6.07, 6.45) is 1.38. The van der Waals surface area contributed by atoms with Crippen LogP contribution in [0.3, 0.4) is 0 Å². The normalized spacial score (nSPS) is 10.7. The maximum absolute atomic E-state index is 13.0. The van der Waals surface area contributed by atoms with Gasteiger partial charge in [-0.2, -0.15) is 0 Å². The van der Waals surface area contributed by atoms with Gasteiger partial charge in [-0.05, 0) is 30.2 Å². The smallest absolute Gasteiger partial charge is 0.343 e. The van der Waals surface area contributed by atoms with Crippen molar-refractivity contribution in [3.8, 4) is 11.3 Å². The van der Waals surface area contributed by atoms with Crippen molar-refractivity contribution in [2.75, 3.05) is 6.73 Å². The minimum absolute atomic E-state index is 0.00697. The highest BCUT2D eigenvalue weighted by Crippen LogP contribution is 2.27. The number of halogens is 1. The fourth-order valence-corrected chi connectivity index (χ4v) is 2.01. The SMILES string of the molecule is CC(C)c1ncnc(-c2ccc(F)cc2)c1C(=O)OCN. The van der Waals surface area contributed by atoms with E-state index in [9.17, 15) is 9.18 Å². The zero-order valence-corrected chi connectivity index (χ0v) is 11.8. The first-order chi connectivity index (χ1) is 10.0. The number of nitrogens with zero attached hydrogens (tertiary/aromatic N) is 2. The van der Waals surface area contributed by atoms with Gasteiger partial charge in [0, 0.05) is 5.56 Å². The molecule has 2 aromatic rings. The summed E-state index contributed by atoms with van der Waals surface area (Å²) in [5.41, 5.74) is 7.13. The summed E-state index contributed by atoms with van der Waals surface area (Å²) in [5, 5.41) is 0. The standard InChI is InChI=1S/C15H16FN3O2/c1-9(2)13-12(15(20)21-7-17)14(19-8-18-13)10-3-5-11(16)6-4-10/h3-6,8-9H,7,17H2,1-2H3. The molecule has 0 atom stereocenters. The maximum Gasteiger partial charge on any atom is 0.343 e. The summed E-state index contributed by atoms with van der Waals surface area (Å²) in [5.74, 6) is -0.934. The summed E-state index contributed by atoms with van der Waals surface area (Å²) < 4.78 is 17.9. The summed E-state index contributed by atoms with van der Waals surface area (Å²) in [6, 6.07) is 5.73. The second-order valence-electron chi connectivity index (χ2n) is 4.74. The van der Waals surface area contributed by atoms with Crippen molar-refractivity contribution in [1.29, 1.82) is 0 Å². The predicted octanol–water partition coefficient (Wildman–Crippen LogP) is 2.48. The molecule has 0 spiro atoms. The number of hydrogen-bond acceptors (Lipinski definition) is 5. The first kappa shape index (κ1) is 15.1. The monoisotopic (exact) mass is 289 g/mol. The molecule has 1 aromatic heterocycles. The predicted molar refractivity (Wildman–Crippen MR) is 76.0 cm³/mol. The van der Waals surface area contributed by atoms with Crippen molar-refractivity contribution in [1.82, 2.24) is 9.97 Å². The van der Waals surface area contributed by atoms with E-state index in [0.717, 1.165) is 0 Å². The van der Waals surface area contributed by atoms with Crippen molar-refractivity contribution in [3.05, 3.63) is 47.7 Å². The van der Waals surface area contributed by atoms with E-state index in [0.29, 0.717) is 17.0 Å². The molecule has 110 valence electrons. The molecular weight excluding hydrogens is 273 g/mol.